The lowest BCUT2D eigenvalue weighted by Crippen LogP contribution is -2.52. The van der Waals surface area contributed by atoms with Crippen molar-refractivity contribution in [2.45, 2.75) is 65.6 Å². The van der Waals surface area contributed by atoms with Crippen LogP contribution in [0.25, 0.3) is 0 Å². The number of rotatable bonds is 4. The van der Waals surface area contributed by atoms with Gasteiger partial charge in [0, 0.05) is 11.6 Å². The second-order valence-corrected chi connectivity index (χ2v) is 9.17. The van der Waals surface area contributed by atoms with Crippen molar-refractivity contribution in [2.24, 2.45) is 21.7 Å². The van der Waals surface area contributed by atoms with Gasteiger partial charge in [-0.3, -0.25) is 9.79 Å². The first-order valence-electron chi connectivity index (χ1n) is 9.69. The number of benzene rings is 1. The smallest absolute Gasteiger partial charge is 0.416 e. The maximum absolute atomic E-state index is 13.8. The molecule has 1 aromatic rings. The van der Waals surface area contributed by atoms with Crippen LogP contribution in [0.4, 0.5) is 17.6 Å². The summed E-state index contributed by atoms with van der Waals surface area (Å²) >= 11 is 0. The second-order valence-electron chi connectivity index (χ2n) is 9.17. The number of halogens is 4. The predicted molar refractivity (Wildman–Crippen MR) is 105 cm³/mol. The SMILES string of the molecule is CC1=NC(C)C(CCC(C)(C)C)(C(=O)O)C(c2ccc(F)cc2C(F)(F)F)C1C#N. The van der Waals surface area contributed by atoms with Crippen molar-refractivity contribution < 1.29 is 27.5 Å². The number of carbonyl (C=O) groups is 1. The summed E-state index contributed by atoms with van der Waals surface area (Å²) < 4.78 is 55.2. The molecule has 0 saturated heterocycles. The summed E-state index contributed by atoms with van der Waals surface area (Å²) in [4.78, 5) is 17.0. The maximum Gasteiger partial charge on any atom is 0.416 e. The van der Waals surface area contributed by atoms with Gasteiger partial charge in [0.2, 0.25) is 0 Å². The molecule has 4 unspecified atom stereocenters. The zero-order valence-corrected chi connectivity index (χ0v) is 17.6. The van der Waals surface area contributed by atoms with Crippen LogP contribution >= 0.6 is 0 Å². The van der Waals surface area contributed by atoms with Gasteiger partial charge in [0.05, 0.1) is 29.0 Å². The molecule has 0 amide bonds. The Labute approximate surface area is 173 Å². The lowest BCUT2D eigenvalue weighted by Gasteiger charge is -2.47. The van der Waals surface area contributed by atoms with E-state index in [0.717, 1.165) is 12.1 Å². The Morgan fingerprint density at radius 1 is 1.30 bits per heavy atom. The van der Waals surface area contributed by atoms with Crippen molar-refractivity contribution in [3.8, 4) is 6.07 Å². The molecule has 0 fully saturated rings. The zero-order chi connectivity index (χ0) is 23.1. The minimum Gasteiger partial charge on any atom is -0.481 e. The van der Waals surface area contributed by atoms with Gasteiger partial charge in [0.25, 0.3) is 0 Å². The molecular weight excluding hydrogens is 400 g/mol. The standard InChI is InChI=1S/C22H26F4N2O2/c1-12-16(11-27)18(15-7-6-14(23)10-17(15)22(24,25)26)21(19(29)30,13(2)28-12)9-8-20(3,4)5/h6-7,10,13,16,18H,8-9H2,1-5H3,(H,29,30). The molecule has 1 aliphatic rings. The first-order chi connectivity index (χ1) is 13.6. The van der Waals surface area contributed by atoms with Gasteiger partial charge in [0.1, 0.15) is 5.82 Å². The number of aliphatic imine (C=N–C) groups is 1. The summed E-state index contributed by atoms with van der Waals surface area (Å²) in [6.07, 6.45) is -4.48. The molecule has 30 heavy (non-hydrogen) atoms. The van der Waals surface area contributed by atoms with Crippen LogP contribution in [-0.4, -0.2) is 22.8 Å². The van der Waals surface area contributed by atoms with Crippen LogP contribution in [0.3, 0.4) is 0 Å². The van der Waals surface area contributed by atoms with E-state index in [0.29, 0.717) is 12.5 Å². The van der Waals surface area contributed by atoms with E-state index >= 15 is 0 Å². The largest absolute Gasteiger partial charge is 0.481 e. The van der Waals surface area contributed by atoms with Crippen molar-refractivity contribution in [1.29, 1.82) is 5.26 Å². The summed E-state index contributed by atoms with van der Waals surface area (Å²) in [5.74, 6) is -4.89. The number of hydrogen-bond acceptors (Lipinski definition) is 3. The minimum atomic E-state index is -4.91. The van der Waals surface area contributed by atoms with E-state index in [-0.39, 0.29) is 23.1 Å². The average molecular weight is 426 g/mol. The van der Waals surface area contributed by atoms with Crippen molar-refractivity contribution in [1.82, 2.24) is 0 Å². The topological polar surface area (TPSA) is 73.4 Å². The van der Waals surface area contributed by atoms with Gasteiger partial charge < -0.3 is 5.11 Å². The summed E-state index contributed by atoms with van der Waals surface area (Å²) in [6.45, 7) is 8.78. The van der Waals surface area contributed by atoms with Gasteiger partial charge in [-0.05, 0) is 49.8 Å². The summed E-state index contributed by atoms with van der Waals surface area (Å²) in [5, 5.41) is 20.1. The molecule has 8 heteroatoms. The van der Waals surface area contributed by atoms with Crippen molar-refractivity contribution in [3.63, 3.8) is 0 Å². The van der Waals surface area contributed by atoms with Gasteiger partial charge in [-0.1, -0.05) is 26.8 Å². The van der Waals surface area contributed by atoms with E-state index < -0.39 is 46.8 Å². The molecule has 164 valence electrons. The van der Waals surface area contributed by atoms with E-state index in [1.54, 1.807) is 6.92 Å². The molecule has 1 aliphatic heterocycles. The fourth-order valence-corrected chi connectivity index (χ4v) is 4.33. The summed E-state index contributed by atoms with van der Waals surface area (Å²) in [6, 6.07) is 3.31. The van der Waals surface area contributed by atoms with Gasteiger partial charge in [0.15, 0.2) is 0 Å². The third kappa shape index (κ3) is 4.35. The highest BCUT2D eigenvalue weighted by atomic mass is 19.4. The summed E-state index contributed by atoms with van der Waals surface area (Å²) in [7, 11) is 0. The highest BCUT2D eigenvalue weighted by Gasteiger charge is 2.58. The van der Waals surface area contributed by atoms with Crippen LogP contribution in [0, 0.1) is 33.9 Å². The number of carboxylic acid groups (broad SMARTS) is 1. The number of carboxylic acids is 1. The Bertz CT molecular complexity index is 896. The number of aliphatic carboxylic acids is 1. The van der Waals surface area contributed by atoms with Crippen LogP contribution in [0.5, 0.6) is 0 Å². The predicted octanol–water partition coefficient (Wildman–Crippen LogP) is 5.83. The fourth-order valence-electron chi connectivity index (χ4n) is 4.33. The lowest BCUT2D eigenvalue weighted by atomic mass is 9.57. The Morgan fingerprint density at radius 2 is 1.90 bits per heavy atom. The molecule has 1 heterocycles. The van der Waals surface area contributed by atoms with E-state index in [2.05, 4.69) is 4.99 Å². The molecule has 0 saturated carbocycles. The molecule has 0 radical (unpaired) electrons. The Morgan fingerprint density at radius 3 is 2.37 bits per heavy atom. The van der Waals surface area contributed by atoms with Crippen molar-refractivity contribution in [3.05, 3.63) is 35.1 Å². The molecule has 0 aliphatic carbocycles. The zero-order valence-electron chi connectivity index (χ0n) is 17.6. The first-order valence-corrected chi connectivity index (χ1v) is 9.69. The molecular formula is C22H26F4N2O2. The second kappa shape index (κ2) is 8.01. The maximum atomic E-state index is 13.8. The van der Waals surface area contributed by atoms with Crippen LogP contribution in [0.1, 0.15) is 64.5 Å². The monoisotopic (exact) mass is 426 g/mol. The molecule has 4 nitrogen and oxygen atoms in total. The van der Waals surface area contributed by atoms with Crippen molar-refractivity contribution >= 4 is 11.7 Å². The van der Waals surface area contributed by atoms with E-state index in [4.69, 9.17) is 0 Å². The highest BCUT2D eigenvalue weighted by molar-refractivity contribution is 5.92. The molecule has 2 rings (SSSR count). The van der Waals surface area contributed by atoms with Gasteiger partial charge >= 0.3 is 12.1 Å². The minimum absolute atomic E-state index is 0.0291. The van der Waals surface area contributed by atoms with Gasteiger partial charge in [-0.2, -0.15) is 18.4 Å². The Balaban J connectivity index is 2.87. The van der Waals surface area contributed by atoms with E-state index in [1.165, 1.54) is 6.92 Å². The fraction of sp³-hybridized carbons (Fsp3) is 0.591. The normalized spacial score (nSPS) is 27.3. The number of nitrogens with zero attached hydrogens (tertiary/aromatic N) is 2. The first kappa shape index (κ1) is 23.8. The van der Waals surface area contributed by atoms with Crippen LogP contribution in [0.15, 0.2) is 23.2 Å². The Kier molecular flexibility index (Phi) is 6.37. The molecule has 4 atom stereocenters. The van der Waals surface area contributed by atoms with Gasteiger partial charge in [-0.25, -0.2) is 4.39 Å². The molecule has 1 N–H and O–H groups in total. The highest BCUT2D eigenvalue weighted by Crippen LogP contribution is 2.54. The Hall–Kier alpha value is -2.43. The molecule has 1 aromatic carbocycles. The lowest BCUT2D eigenvalue weighted by molar-refractivity contribution is -0.155. The number of hydrogen-bond donors (Lipinski definition) is 1. The molecule has 0 aromatic heterocycles. The van der Waals surface area contributed by atoms with Crippen LogP contribution < -0.4 is 0 Å². The molecule has 0 spiro atoms. The average Bonchev–Trinajstić information content (AvgIpc) is 2.59. The summed E-state index contributed by atoms with van der Waals surface area (Å²) in [5.41, 5.74) is -3.39. The third-order valence-electron chi connectivity index (χ3n) is 5.96. The number of nitriles is 1. The van der Waals surface area contributed by atoms with Crippen LogP contribution in [0.2, 0.25) is 0 Å². The number of alkyl halides is 3. The van der Waals surface area contributed by atoms with E-state index in [1.807, 2.05) is 26.8 Å². The van der Waals surface area contributed by atoms with Crippen molar-refractivity contribution in [2.75, 3.05) is 0 Å². The van der Waals surface area contributed by atoms with Gasteiger partial charge in [-0.15, -0.1) is 0 Å². The van der Waals surface area contributed by atoms with Crippen LogP contribution in [-0.2, 0) is 11.0 Å². The quantitative estimate of drug-likeness (QED) is 0.616. The third-order valence-corrected chi connectivity index (χ3v) is 5.96. The van der Waals surface area contributed by atoms with E-state index in [9.17, 15) is 32.7 Å². The molecule has 0 bridgehead atoms.